The summed E-state index contributed by atoms with van der Waals surface area (Å²) >= 11 is 5.31. The van der Waals surface area contributed by atoms with Gasteiger partial charge in [-0.15, -0.1) is 0 Å². The van der Waals surface area contributed by atoms with E-state index < -0.39 is 0 Å². The topological polar surface area (TPSA) is 33.6 Å². The number of hydrogen-bond acceptors (Lipinski definition) is 2. The number of nitrogens with one attached hydrogen (secondary N) is 1. The van der Waals surface area contributed by atoms with Crippen molar-refractivity contribution < 1.29 is 0 Å². The van der Waals surface area contributed by atoms with Crippen LogP contribution in [0.1, 0.15) is 36.7 Å². The molecule has 2 heterocycles. The first kappa shape index (κ1) is 12.0. The zero-order valence-corrected chi connectivity index (χ0v) is 11.2. The van der Waals surface area contributed by atoms with Crippen molar-refractivity contribution in [1.82, 2.24) is 14.5 Å². The lowest BCUT2D eigenvalue weighted by Gasteiger charge is -2.11. The zero-order chi connectivity index (χ0) is 12.4. The fourth-order valence-corrected chi connectivity index (χ4v) is 2.11. The summed E-state index contributed by atoms with van der Waals surface area (Å²) in [6.45, 7) is 7.15. The van der Waals surface area contributed by atoms with Crippen molar-refractivity contribution >= 4 is 12.2 Å². The van der Waals surface area contributed by atoms with Crippen LogP contribution in [0.15, 0.2) is 24.5 Å². The quantitative estimate of drug-likeness (QED) is 0.843. The fraction of sp³-hybridized carbons (Fsp3) is 0.385. The van der Waals surface area contributed by atoms with Crippen LogP contribution in [0.3, 0.4) is 0 Å². The molecule has 0 aliphatic rings. The molecule has 2 rings (SSSR count). The minimum absolute atomic E-state index is 0.451. The molecular formula is C13H17N3S. The molecule has 0 bridgehead atoms. The van der Waals surface area contributed by atoms with Gasteiger partial charge in [-0.1, -0.05) is 19.9 Å². The Morgan fingerprint density at radius 1 is 1.47 bits per heavy atom. The van der Waals surface area contributed by atoms with Crippen LogP contribution in [-0.2, 0) is 6.54 Å². The highest BCUT2D eigenvalue weighted by Gasteiger charge is 2.09. The summed E-state index contributed by atoms with van der Waals surface area (Å²) in [7, 11) is 0. The Balaban J connectivity index is 2.40. The van der Waals surface area contributed by atoms with E-state index in [2.05, 4.69) is 41.4 Å². The van der Waals surface area contributed by atoms with E-state index in [0.29, 0.717) is 5.92 Å². The van der Waals surface area contributed by atoms with Gasteiger partial charge in [0.05, 0.1) is 12.2 Å². The first-order chi connectivity index (χ1) is 8.09. The van der Waals surface area contributed by atoms with Crippen molar-refractivity contribution in [2.45, 2.75) is 33.2 Å². The van der Waals surface area contributed by atoms with Gasteiger partial charge in [0.1, 0.15) is 0 Å². The van der Waals surface area contributed by atoms with Crippen molar-refractivity contribution in [2.24, 2.45) is 0 Å². The lowest BCUT2D eigenvalue weighted by atomic mass is 10.1. The first-order valence-electron chi connectivity index (χ1n) is 5.78. The van der Waals surface area contributed by atoms with Gasteiger partial charge in [-0.2, -0.15) is 0 Å². The monoisotopic (exact) mass is 247 g/mol. The van der Waals surface area contributed by atoms with Gasteiger partial charge in [-0.05, 0) is 36.7 Å². The number of H-pyrrole nitrogens is 1. The molecule has 1 N–H and O–H groups in total. The van der Waals surface area contributed by atoms with Crippen LogP contribution in [0.5, 0.6) is 0 Å². The second-order valence-electron chi connectivity index (χ2n) is 4.53. The van der Waals surface area contributed by atoms with Crippen molar-refractivity contribution in [3.05, 3.63) is 46.2 Å². The van der Waals surface area contributed by atoms with Gasteiger partial charge in [0.15, 0.2) is 4.77 Å². The maximum atomic E-state index is 5.31. The third kappa shape index (κ3) is 2.47. The molecule has 0 saturated carbocycles. The third-order valence-electron chi connectivity index (χ3n) is 2.92. The molecule has 3 nitrogen and oxygen atoms in total. The molecule has 2 aromatic rings. The summed E-state index contributed by atoms with van der Waals surface area (Å²) < 4.78 is 2.88. The second-order valence-corrected chi connectivity index (χ2v) is 4.91. The molecule has 2 aromatic heterocycles. The molecule has 90 valence electrons. The Morgan fingerprint density at radius 2 is 2.24 bits per heavy atom. The average molecular weight is 247 g/mol. The Morgan fingerprint density at radius 3 is 2.88 bits per heavy atom. The highest BCUT2D eigenvalue weighted by atomic mass is 32.1. The van der Waals surface area contributed by atoms with E-state index in [1.54, 1.807) is 0 Å². The molecule has 0 spiro atoms. The molecule has 0 aliphatic carbocycles. The predicted molar refractivity (Wildman–Crippen MR) is 71.8 cm³/mol. The molecule has 0 amide bonds. The largest absolute Gasteiger partial charge is 0.337 e. The highest BCUT2D eigenvalue weighted by Crippen LogP contribution is 2.16. The van der Waals surface area contributed by atoms with Crippen LogP contribution in [-0.4, -0.2) is 14.5 Å². The minimum Gasteiger partial charge on any atom is -0.337 e. The van der Waals surface area contributed by atoms with E-state index in [9.17, 15) is 0 Å². The van der Waals surface area contributed by atoms with Crippen molar-refractivity contribution in [2.75, 3.05) is 0 Å². The van der Waals surface area contributed by atoms with Crippen LogP contribution in [0, 0.1) is 11.7 Å². The van der Waals surface area contributed by atoms with Gasteiger partial charge in [0.25, 0.3) is 0 Å². The molecule has 0 unspecified atom stereocenters. The lowest BCUT2D eigenvalue weighted by Crippen LogP contribution is -2.08. The van der Waals surface area contributed by atoms with Gasteiger partial charge < -0.3 is 9.55 Å². The van der Waals surface area contributed by atoms with Crippen molar-refractivity contribution in [1.29, 1.82) is 0 Å². The number of rotatable bonds is 3. The van der Waals surface area contributed by atoms with Crippen LogP contribution < -0.4 is 0 Å². The van der Waals surface area contributed by atoms with E-state index in [0.717, 1.165) is 17.0 Å². The molecule has 0 saturated heterocycles. The van der Waals surface area contributed by atoms with Gasteiger partial charge in [0.2, 0.25) is 0 Å². The molecule has 4 heteroatoms. The van der Waals surface area contributed by atoms with Crippen molar-refractivity contribution in [3.63, 3.8) is 0 Å². The number of imidazole rings is 1. The summed E-state index contributed by atoms with van der Waals surface area (Å²) in [4.78, 5) is 7.52. The summed E-state index contributed by atoms with van der Waals surface area (Å²) in [5.74, 6) is 0.451. The SMILES string of the molecule is Cc1cccnc1Cn1c(C(C)C)c[nH]c1=S. The summed E-state index contributed by atoms with van der Waals surface area (Å²) in [6, 6.07) is 4.03. The zero-order valence-electron chi connectivity index (χ0n) is 10.4. The molecule has 0 atom stereocenters. The summed E-state index contributed by atoms with van der Waals surface area (Å²) in [5, 5.41) is 0. The fourth-order valence-electron chi connectivity index (χ4n) is 1.88. The summed E-state index contributed by atoms with van der Waals surface area (Å²) in [6.07, 6.45) is 3.82. The molecule has 0 aromatic carbocycles. The Bertz CT molecular complexity index is 566. The number of hydrogen-bond donors (Lipinski definition) is 1. The highest BCUT2D eigenvalue weighted by molar-refractivity contribution is 7.71. The molecule has 0 aliphatic heterocycles. The smallest absolute Gasteiger partial charge is 0.177 e. The molecule has 0 radical (unpaired) electrons. The van der Waals surface area contributed by atoms with Crippen molar-refractivity contribution in [3.8, 4) is 0 Å². The van der Waals surface area contributed by atoms with Crippen LogP contribution in [0.2, 0.25) is 0 Å². The van der Waals surface area contributed by atoms with E-state index in [4.69, 9.17) is 12.2 Å². The predicted octanol–water partition coefficient (Wildman–Crippen LogP) is 3.42. The van der Waals surface area contributed by atoms with Gasteiger partial charge in [-0.25, -0.2) is 0 Å². The Hall–Kier alpha value is -1.42. The van der Waals surface area contributed by atoms with E-state index in [-0.39, 0.29) is 0 Å². The minimum atomic E-state index is 0.451. The van der Waals surface area contributed by atoms with E-state index in [1.165, 1.54) is 11.3 Å². The number of pyridine rings is 1. The number of nitrogens with zero attached hydrogens (tertiary/aromatic N) is 2. The molecular weight excluding hydrogens is 230 g/mol. The van der Waals surface area contributed by atoms with Gasteiger partial charge >= 0.3 is 0 Å². The third-order valence-corrected chi connectivity index (χ3v) is 3.26. The van der Waals surface area contributed by atoms with Gasteiger partial charge in [-0.3, -0.25) is 4.98 Å². The number of aromatic nitrogens is 3. The average Bonchev–Trinajstić information content (AvgIpc) is 2.64. The van der Waals surface area contributed by atoms with E-state index >= 15 is 0 Å². The molecule has 17 heavy (non-hydrogen) atoms. The van der Waals surface area contributed by atoms with E-state index in [1.807, 2.05) is 18.5 Å². The molecule has 0 fully saturated rings. The number of aryl methyl sites for hydroxylation is 1. The standard InChI is InChI=1S/C13H17N3S/c1-9(2)12-7-15-13(17)16(12)8-11-10(3)5-4-6-14-11/h4-7,9H,8H2,1-3H3,(H,15,17). The maximum Gasteiger partial charge on any atom is 0.177 e. The lowest BCUT2D eigenvalue weighted by molar-refractivity contribution is 0.671. The Labute approximate surface area is 107 Å². The maximum absolute atomic E-state index is 5.31. The normalized spacial score (nSPS) is 11.1. The number of aromatic amines is 1. The first-order valence-corrected chi connectivity index (χ1v) is 6.19. The van der Waals surface area contributed by atoms with Crippen LogP contribution in [0.25, 0.3) is 0 Å². The Kier molecular flexibility index (Phi) is 3.43. The summed E-state index contributed by atoms with van der Waals surface area (Å²) in [5.41, 5.74) is 3.50. The van der Waals surface area contributed by atoms with Crippen LogP contribution in [0.4, 0.5) is 0 Å². The van der Waals surface area contributed by atoms with Crippen LogP contribution >= 0.6 is 12.2 Å². The second kappa shape index (κ2) is 4.84. The van der Waals surface area contributed by atoms with Gasteiger partial charge in [0, 0.05) is 18.1 Å².